The first-order valence-electron chi connectivity index (χ1n) is 7.10. The van der Waals surface area contributed by atoms with Gasteiger partial charge in [0, 0.05) is 12.1 Å². The van der Waals surface area contributed by atoms with Crippen LogP contribution in [-0.4, -0.2) is 17.4 Å². The van der Waals surface area contributed by atoms with Crippen LogP contribution in [0.2, 0.25) is 5.15 Å². The van der Waals surface area contributed by atoms with Crippen molar-refractivity contribution < 1.29 is 4.79 Å². The first kappa shape index (κ1) is 13.6. The summed E-state index contributed by atoms with van der Waals surface area (Å²) >= 11 is 5.87. The number of hydrazine groups is 1. The standard InChI is InChI=1S/C14H19ClN4O/c15-12-5-10(6-13(18-12)19-16)14(20)17-7-11(8-1-2-8)9-3-4-9/h5-6,8-9,11H,1-4,7,16H2,(H,17,20)(H,18,19). The maximum Gasteiger partial charge on any atom is 0.251 e. The molecule has 6 heteroatoms. The van der Waals surface area contributed by atoms with Crippen LogP contribution in [0.15, 0.2) is 12.1 Å². The number of nitrogens with one attached hydrogen (secondary N) is 2. The minimum Gasteiger partial charge on any atom is -0.352 e. The number of nitrogen functional groups attached to an aromatic ring is 1. The molecule has 2 saturated carbocycles. The Labute approximate surface area is 123 Å². The van der Waals surface area contributed by atoms with E-state index in [4.69, 9.17) is 17.4 Å². The van der Waals surface area contributed by atoms with E-state index in [0.717, 1.165) is 18.4 Å². The average Bonchev–Trinajstić information content (AvgIpc) is 3.30. The van der Waals surface area contributed by atoms with Gasteiger partial charge in [-0.3, -0.25) is 4.79 Å². The molecular weight excluding hydrogens is 276 g/mol. The molecule has 0 saturated heterocycles. The summed E-state index contributed by atoms with van der Waals surface area (Å²) in [5.41, 5.74) is 2.90. The van der Waals surface area contributed by atoms with Crippen molar-refractivity contribution in [2.24, 2.45) is 23.6 Å². The molecule has 1 aromatic rings. The van der Waals surface area contributed by atoms with Gasteiger partial charge in [-0.05, 0) is 55.6 Å². The van der Waals surface area contributed by atoms with Gasteiger partial charge in [0.15, 0.2) is 0 Å². The Bertz CT molecular complexity index is 502. The fourth-order valence-electron chi connectivity index (χ4n) is 2.78. The van der Waals surface area contributed by atoms with Gasteiger partial charge in [0.2, 0.25) is 0 Å². The SMILES string of the molecule is NNc1cc(C(=O)NCC(C2CC2)C2CC2)cc(Cl)n1. The number of rotatable bonds is 6. The van der Waals surface area contributed by atoms with Gasteiger partial charge in [0.25, 0.3) is 5.91 Å². The molecule has 3 rings (SSSR count). The second-order valence-electron chi connectivity index (χ2n) is 5.76. The van der Waals surface area contributed by atoms with Crippen LogP contribution < -0.4 is 16.6 Å². The maximum atomic E-state index is 12.2. The van der Waals surface area contributed by atoms with E-state index in [0.29, 0.717) is 17.3 Å². The first-order valence-corrected chi connectivity index (χ1v) is 7.47. The number of halogens is 1. The fourth-order valence-corrected chi connectivity index (χ4v) is 2.99. The molecule has 0 spiro atoms. The van der Waals surface area contributed by atoms with E-state index in [1.54, 1.807) is 12.1 Å². The highest BCUT2D eigenvalue weighted by Crippen LogP contribution is 2.48. The molecule has 0 unspecified atom stereocenters. The number of nitrogens with zero attached hydrogens (tertiary/aromatic N) is 1. The Kier molecular flexibility index (Phi) is 3.81. The lowest BCUT2D eigenvalue weighted by atomic mass is 9.98. The predicted molar refractivity (Wildman–Crippen MR) is 78.3 cm³/mol. The third kappa shape index (κ3) is 3.22. The molecule has 1 heterocycles. The number of hydrogen-bond donors (Lipinski definition) is 3. The summed E-state index contributed by atoms with van der Waals surface area (Å²) in [4.78, 5) is 16.1. The summed E-state index contributed by atoms with van der Waals surface area (Å²) < 4.78 is 0. The number of carbonyl (C=O) groups excluding carboxylic acids is 1. The molecule has 0 radical (unpaired) electrons. The van der Waals surface area contributed by atoms with Crippen molar-refractivity contribution in [3.63, 3.8) is 0 Å². The molecule has 0 aliphatic heterocycles. The molecule has 0 atom stereocenters. The number of aromatic nitrogens is 1. The first-order chi connectivity index (χ1) is 9.67. The lowest BCUT2D eigenvalue weighted by Crippen LogP contribution is -2.31. The number of pyridine rings is 1. The van der Waals surface area contributed by atoms with Gasteiger partial charge in [-0.2, -0.15) is 0 Å². The van der Waals surface area contributed by atoms with Crippen molar-refractivity contribution in [3.8, 4) is 0 Å². The second kappa shape index (κ2) is 5.58. The lowest BCUT2D eigenvalue weighted by molar-refractivity contribution is 0.0943. The Morgan fingerprint density at radius 2 is 2.00 bits per heavy atom. The van der Waals surface area contributed by atoms with E-state index < -0.39 is 0 Å². The normalized spacial score (nSPS) is 18.1. The van der Waals surface area contributed by atoms with Crippen molar-refractivity contribution in [1.82, 2.24) is 10.3 Å². The van der Waals surface area contributed by atoms with Crippen LogP contribution in [0.25, 0.3) is 0 Å². The molecular formula is C14H19ClN4O. The summed E-state index contributed by atoms with van der Waals surface area (Å²) in [5, 5.41) is 3.28. The highest BCUT2D eigenvalue weighted by atomic mass is 35.5. The van der Waals surface area contributed by atoms with E-state index in [1.165, 1.54) is 25.7 Å². The Balaban J connectivity index is 1.62. The summed E-state index contributed by atoms with van der Waals surface area (Å²) in [5.74, 6) is 7.89. The van der Waals surface area contributed by atoms with Crippen LogP contribution in [0.1, 0.15) is 36.0 Å². The minimum atomic E-state index is -0.114. The third-order valence-electron chi connectivity index (χ3n) is 4.16. The van der Waals surface area contributed by atoms with Crippen molar-refractivity contribution >= 4 is 23.3 Å². The van der Waals surface area contributed by atoms with Crippen LogP contribution in [0.3, 0.4) is 0 Å². The molecule has 0 bridgehead atoms. The smallest absolute Gasteiger partial charge is 0.251 e. The third-order valence-corrected chi connectivity index (χ3v) is 4.35. The van der Waals surface area contributed by atoms with Gasteiger partial charge in [-0.1, -0.05) is 11.6 Å². The van der Waals surface area contributed by atoms with E-state index in [9.17, 15) is 4.79 Å². The van der Waals surface area contributed by atoms with E-state index in [-0.39, 0.29) is 11.1 Å². The summed E-state index contributed by atoms with van der Waals surface area (Å²) in [6.45, 7) is 0.763. The fraction of sp³-hybridized carbons (Fsp3) is 0.571. The van der Waals surface area contributed by atoms with Gasteiger partial charge in [-0.15, -0.1) is 0 Å². The Hall–Kier alpha value is -1.33. The minimum absolute atomic E-state index is 0.114. The molecule has 108 valence electrons. The molecule has 1 aromatic heterocycles. The zero-order valence-corrected chi connectivity index (χ0v) is 12.0. The van der Waals surface area contributed by atoms with Crippen LogP contribution in [-0.2, 0) is 0 Å². The Morgan fingerprint density at radius 1 is 1.35 bits per heavy atom. The van der Waals surface area contributed by atoms with E-state index in [1.807, 2.05) is 0 Å². The quantitative estimate of drug-likeness (QED) is 0.427. The highest BCUT2D eigenvalue weighted by molar-refractivity contribution is 6.29. The van der Waals surface area contributed by atoms with Crippen molar-refractivity contribution in [2.45, 2.75) is 25.7 Å². The monoisotopic (exact) mass is 294 g/mol. The molecule has 2 aliphatic carbocycles. The van der Waals surface area contributed by atoms with Crippen LogP contribution in [0.4, 0.5) is 5.82 Å². The van der Waals surface area contributed by atoms with Crippen LogP contribution >= 0.6 is 11.6 Å². The van der Waals surface area contributed by atoms with Crippen LogP contribution in [0, 0.1) is 17.8 Å². The van der Waals surface area contributed by atoms with Crippen molar-refractivity contribution in [3.05, 3.63) is 22.8 Å². The topological polar surface area (TPSA) is 80.0 Å². The average molecular weight is 295 g/mol. The molecule has 2 fully saturated rings. The van der Waals surface area contributed by atoms with Gasteiger partial charge < -0.3 is 10.7 Å². The number of amides is 1. The largest absolute Gasteiger partial charge is 0.352 e. The van der Waals surface area contributed by atoms with E-state index >= 15 is 0 Å². The molecule has 1 amide bonds. The molecule has 0 aromatic carbocycles. The maximum absolute atomic E-state index is 12.2. The van der Waals surface area contributed by atoms with Crippen molar-refractivity contribution in [2.75, 3.05) is 12.0 Å². The number of carbonyl (C=O) groups is 1. The summed E-state index contributed by atoms with van der Waals surface area (Å²) in [6.07, 6.45) is 5.28. The Morgan fingerprint density at radius 3 is 2.55 bits per heavy atom. The second-order valence-corrected chi connectivity index (χ2v) is 6.14. The number of hydrogen-bond acceptors (Lipinski definition) is 4. The van der Waals surface area contributed by atoms with Gasteiger partial charge in [0.1, 0.15) is 11.0 Å². The molecule has 5 nitrogen and oxygen atoms in total. The predicted octanol–water partition coefficient (Wildman–Crippen LogP) is 2.19. The van der Waals surface area contributed by atoms with Gasteiger partial charge in [-0.25, -0.2) is 10.8 Å². The molecule has 2 aliphatic rings. The van der Waals surface area contributed by atoms with Crippen molar-refractivity contribution in [1.29, 1.82) is 0 Å². The zero-order valence-electron chi connectivity index (χ0n) is 11.2. The van der Waals surface area contributed by atoms with E-state index in [2.05, 4.69) is 15.7 Å². The molecule has 20 heavy (non-hydrogen) atoms. The van der Waals surface area contributed by atoms with Gasteiger partial charge >= 0.3 is 0 Å². The van der Waals surface area contributed by atoms with Gasteiger partial charge in [0.05, 0.1) is 0 Å². The zero-order chi connectivity index (χ0) is 14.1. The number of anilines is 1. The lowest BCUT2D eigenvalue weighted by Gasteiger charge is -2.16. The summed E-state index contributed by atoms with van der Waals surface area (Å²) in [6, 6.07) is 3.16. The summed E-state index contributed by atoms with van der Waals surface area (Å²) in [7, 11) is 0. The highest BCUT2D eigenvalue weighted by Gasteiger charge is 2.41. The van der Waals surface area contributed by atoms with Crippen LogP contribution in [0.5, 0.6) is 0 Å². The molecule has 4 N–H and O–H groups in total. The number of nitrogens with two attached hydrogens (primary N) is 1.